The SMILES string of the molecule is C=CC[C@H](N)c1cc(Br)cs1.Cl. The molecule has 0 amide bonds. The monoisotopic (exact) mass is 267 g/mol. The zero-order valence-corrected chi connectivity index (χ0v) is 9.71. The van der Waals surface area contributed by atoms with Crippen LogP contribution < -0.4 is 5.73 Å². The summed E-state index contributed by atoms with van der Waals surface area (Å²) in [6, 6.07) is 2.17. The van der Waals surface area contributed by atoms with E-state index in [2.05, 4.69) is 28.6 Å². The highest BCUT2D eigenvalue weighted by atomic mass is 79.9. The van der Waals surface area contributed by atoms with Crippen LogP contribution in [0.4, 0.5) is 0 Å². The number of rotatable bonds is 3. The number of halogens is 2. The van der Waals surface area contributed by atoms with Gasteiger partial charge in [0.25, 0.3) is 0 Å². The van der Waals surface area contributed by atoms with Gasteiger partial charge in [0.15, 0.2) is 0 Å². The largest absolute Gasteiger partial charge is 0.323 e. The highest BCUT2D eigenvalue weighted by Crippen LogP contribution is 2.25. The zero-order valence-electron chi connectivity index (χ0n) is 6.50. The summed E-state index contributed by atoms with van der Waals surface area (Å²) in [6.07, 6.45) is 2.69. The Morgan fingerprint density at radius 1 is 1.75 bits per heavy atom. The van der Waals surface area contributed by atoms with E-state index in [1.165, 1.54) is 4.88 Å². The Bertz CT molecular complexity index is 249. The molecule has 1 heterocycles. The summed E-state index contributed by atoms with van der Waals surface area (Å²) >= 11 is 5.06. The van der Waals surface area contributed by atoms with Gasteiger partial charge in [0.1, 0.15) is 0 Å². The molecule has 0 spiro atoms. The van der Waals surface area contributed by atoms with Crippen LogP contribution in [0.1, 0.15) is 17.3 Å². The van der Waals surface area contributed by atoms with Gasteiger partial charge in [0.05, 0.1) is 0 Å². The van der Waals surface area contributed by atoms with Gasteiger partial charge in [-0.15, -0.1) is 30.3 Å². The van der Waals surface area contributed by atoms with Gasteiger partial charge >= 0.3 is 0 Å². The first-order valence-electron chi connectivity index (χ1n) is 3.34. The minimum absolute atomic E-state index is 0. The van der Waals surface area contributed by atoms with E-state index in [9.17, 15) is 0 Å². The predicted octanol–water partition coefficient (Wildman–Crippen LogP) is 3.51. The fourth-order valence-electron chi connectivity index (χ4n) is 0.818. The van der Waals surface area contributed by atoms with E-state index >= 15 is 0 Å². The van der Waals surface area contributed by atoms with Gasteiger partial charge < -0.3 is 5.73 Å². The summed E-state index contributed by atoms with van der Waals surface area (Å²) in [5, 5.41) is 2.04. The Kier molecular flexibility index (Phi) is 5.84. The topological polar surface area (TPSA) is 26.0 Å². The van der Waals surface area contributed by atoms with Gasteiger partial charge in [0.2, 0.25) is 0 Å². The van der Waals surface area contributed by atoms with Crippen molar-refractivity contribution in [2.75, 3.05) is 0 Å². The van der Waals surface area contributed by atoms with E-state index in [4.69, 9.17) is 5.73 Å². The molecule has 0 saturated heterocycles. The first-order chi connectivity index (χ1) is 5.24. The first-order valence-corrected chi connectivity index (χ1v) is 5.01. The van der Waals surface area contributed by atoms with Crippen LogP contribution in [-0.2, 0) is 0 Å². The van der Waals surface area contributed by atoms with Crippen LogP contribution in [0.3, 0.4) is 0 Å². The molecule has 1 atom stereocenters. The van der Waals surface area contributed by atoms with Crippen molar-refractivity contribution in [3.8, 4) is 0 Å². The normalized spacial score (nSPS) is 11.8. The molecular formula is C8H11BrClNS. The second kappa shape index (κ2) is 5.75. The molecule has 0 fully saturated rings. The summed E-state index contributed by atoms with van der Waals surface area (Å²) in [7, 11) is 0. The fraction of sp³-hybridized carbons (Fsp3) is 0.250. The Labute approximate surface area is 91.2 Å². The molecule has 0 aliphatic heterocycles. The Morgan fingerprint density at radius 2 is 2.42 bits per heavy atom. The number of nitrogens with two attached hydrogens (primary N) is 1. The van der Waals surface area contributed by atoms with Crippen molar-refractivity contribution < 1.29 is 0 Å². The van der Waals surface area contributed by atoms with Crippen molar-refractivity contribution in [1.82, 2.24) is 0 Å². The van der Waals surface area contributed by atoms with Gasteiger partial charge in [-0.1, -0.05) is 6.08 Å². The number of thiophene rings is 1. The number of hydrogen-bond acceptors (Lipinski definition) is 2. The smallest absolute Gasteiger partial charge is 0.0424 e. The third-order valence-electron chi connectivity index (χ3n) is 1.37. The Balaban J connectivity index is 0.00000121. The molecule has 4 heteroatoms. The van der Waals surface area contributed by atoms with Crippen LogP contribution in [0.2, 0.25) is 0 Å². The minimum Gasteiger partial charge on any atom is -0.323 e. The fourth-order valence-corrected chi connectivity index (χ4v) is 2.28. The molecular weight excluding hydrogens is 258 g/mol. The summed E-state index contributed by atoms with van der Waals surface area (Å²) in [6.45, 7) is 3.65. The summed E-state index contributed by atoms with van der Waals surface area (Å²) in [5.74, 6) is 0. The molecule has 12 heavy (non-hydrogen) atoms. The molecule has 1 nitrogen and oxygen atoms in total. The molecule has 68 valence electrons. The number of hydrogen-bond donors (Lipinski definition) is 1. The second-order valence-corrected chi connectivity index (χ2v) is 4.16. The molecule has 0 aliphatic rings. The van der Waals surface area contributed by atoms with Crippen molar-refractivity contribution in [1.29, 1.82) is 0 Å². The summed E-state index contributed by atoms with van der Waals surface area (Å²) in [4.78, 5) is 1.21. The van der Waals surface area contributed by atoms with Crippen LogP contribution in [0.15, 0.2) is 28.6 Å². The molecule has 1 rings (SSSR count). The van der Waals surface area contributed by atoms with Crippen LogP contribution in [0.25, 0.3) is 0 Å². The van der Waals surface area contributed by atoms with Gasteiger partial charge in [-0.2, -0.15) is 0 Å². The van der Waals surface area contributed by atoms with Crippen molar-refractivity contribution >= 4 is 39.7 Å². The quantitative estimate of drug-likeness (QED) is 0.834. The molecule has 0 saturated carbocycles. The van der Waals surface area contributed by atoms with E-state index in [0.717, 1.165) is 10.9 Å². The maximum absolute atomic E-state index is 5.84. The maximum Gasteiger partial charge on any atom is 0.0424 e. The van der Waals surface area contributed by atoms with E-state index in [1.807, 2.05) is 11.5 Å². The molecule has 1 aromatic rings. The average molecular weight is 269 g/mol. The Hall–Kier alpha value is 0.170. The highest BCUT2D eigenvalue weighted by Gasteiger charge is 2.05. The van der Waals surface area contributed by atoms with Crippen molar-refractivity contribution in [2.45, 2.75) is 12.5 Å². The minimum atomic E-state index is 0. The van der Waals surface area contributed by atoms with Gasteiger partial charge in [-0.3, -0.25) is 0 Å². The van der Waals surface area contributed by atoms with E-state index in [-0.39, 0.29) is 18.4 Å². The molecule has 0 unspecified atom stereocenters. The lowest BCUT2D eigenvalue weighted by Gasteiger charge is -2.03. The van der Waals surface area contributed by atoms with Crippen molar-refractivity contribution in [3.05, 3.63) is 33.5 Å². The molecule has 1 aromatic heterocycles. The standard InChI is InChI=1S/C8H10BrNS.ClH/c1-2-3-7(10)8-4-6(9)5-11-8;/h2,4-5,7H,1,3,10H2;1H/t7-;/m0./s1. The van der Waals surface area contributed by atoms with Crippen LogP contribution in [-0.4, -0.2) is 0 Å². The molecule has 0 bridgehead atoms. The van der Waals surface area contributed by atoms with Gasteiger partial charge in [-0.25, -0.2) is 0 Å². The van der Waals surface area contributed by atoms with Crippen LogP contribution >= 0.6 is 39.7 Å². The van der Waals surface area contributed by atoms with Crippen molar-refractivity contribution in [3.63, 3.8) is 0 Å². The second-order valence-electron chi connectivity index (χ2n) is 2.30. The van der Waals surface area contributed by atoms with Crippen molar-refractivity contribution in [2.24, 2.45) is 5.73 Å². The maximum atomic E-state index is 5.84. The van der Waals surface area contributed by atoms with E-state index in [0.29, 0.717) is 0 Å². The first kappa shape index (κ1) is 12.2. The third kappa shape index (κ3) is 3.27. The van der Waals surface area contributed by atoms with Gasteiger partial charge in [0, 0.05) is 20.8 Å². The average Bonchev–Trinajstić information content (AvgIpc) is 2.36. The third-order valence-corrected chi connectivity index (χ3v) is 3.20. The summed E-state index contributed by atoms with van der Waals surface area (Å²) < 4.78 is 1.11. The predicted molar refractivity (Wildman–Crippen MR) is 61.0 cm³/mol. The molecule has 0 radical (unpaired) electrons. The molecule has 0 aromatic carbocycles. The zero-order chi connectivity index (χ0) is 8.27. The van der Waals surface area contributed by atoms with Crippen LogP contribution in [0.5, 0.6) is 0 Å². The van der Waals surface area contributed by atoms with E-state index < -0.39 is 0 Å². The lowest BCUT2D eigenvalue weighted by Crippen LogP contribution is -2.06. The van der Waals surface area contributed by atoms with Gasteiger partial charge in [-0.05, 0) is 28.4 Å². The molecule has 2 N–H and O–H groups in total. The Morgan fingerprint density at radius 3 is 2.83 bits per heavy atom. The van der Waals surface area contributed by atoms with Crippen LogP contribution in [0, 0.1) is 0 Å². The lowest BCUT2D eigenvalue weighted by molar-refractivity contribution is 0.757. The van der Waals surface area contributed by atoms with E-state index in [1.54, 1.807) is 11.3 Å². The summed E-state index contributed by atoms with van der Waals surface area (Å²) in [5.41, 5.74) is 5.84. The molecule has 0 aliphatic carbocycles. The highest BCUT2D eigenvalue weighted by molar-refractivity contribution is 9.10. The lowest BCUT2D eigenvalue weighted by atomic mass is 10.2.